The maximum Gasteiger partial charge on any atom is 0.223 e. The highest BCUT2D eigenvalue weighted by Crippen LogP contribution is 2.13. The van der Waals surface area contributed by atoms with E-state index in [0.717, 1.165) is 5.75 Å². The number of aliphatic hydroxyl groups excluding tert-OH is 1. The molecule has 5 heteroatoms. The first-order valence-electron chi connectivity index (χ1n) is 7.38. The van der Waals surface area contributed by atoms with E-state index in [4.69, 9.17) is 9.47 Å². The van der Waals surface area contributed by atoms with E-state index < -0.39 is 0 Å². The van der Waals surface area contributed by atoms with Gasteiger partial charge in [-0.15, -0.1) is 0 Å². The predicted octanol–water partition coefficient (Wildman–Crippen LogP) is 1.37. The number of carbonyl (C=O) groups is 1. The molecule has 0 aromatic heterocycles. The van der Waals surface area contributed by atoms with Crippen molar-refractivity contribution in [2.75, 3.05) is 33.0 Å². The number of carbonyl (C=O) groups excluding carboxylic acids is 1. The van der Waals surface area contributed by atoms with E-state index in [2.05, 4.69) is 0 Å². The molecule has 5 nitrogen and oxygen atoms in total. The highest BCUT2D eigenvalue weighted by atomic mass is 16.5. The number of morpholine rings is 1. The van der Waals surface area contributed by atoms with E-state index in [9.17, 15) is 9.90 Å². The van der Waals surface area contributed by atoms with Crippen LogP contribution in [0.25, 0.3) is 0 Å². The Balaban J connectivity index is 1.70. The SMILES string of the molecule is Cc1ccc(OCCCC(=O)N2CCOCC2CO)cc1. The first-order chi connectivity index (χ1) is 10.2. The van der Waals surface area contributed by atoms with Crippen molar-refractivity contribution in [1.82, 2.24) is 4.90 Å². The molecular weight excluding hydrogens is 270 g/mol. The van der Waals surface area contributed by atoms with Crippen LogP contribution in [-0.4, -0.2) is 54.9 Å². The van der Waals surface area contributed by atoms with Crippen LogP contribution in [0.3, 0.4) is 0 Å². The molecular formula is C16H23NO4. The van der Waals surface area contributed by atoms with Crippen LogP contribution in [0.5, 0.6) is 5.75 Å². The highest BCUT2D eigenvalue weighted by molar-refractivity contribution is 5.76. The number of hydrogen-bond acceptors (Lipinski definition) is 4. The van der Waals surface area contributed by atoms with Gasteiger partial charge in [0.05, 0.1) is 32.5 Å². The Morgan fingerprint density at radius 3 is 2.90 bits per heavy atom. The Morgan fingerprint density at radius 2 is 2.19 bits per heavy atom. The minimum absolute atomic E-state index is 0.0500. The summed E-state index contributed by atoms with van der Waals surface area (Å²) >= 11 is 0. The van der Waals surface area contributed by atoms with E-state index in [1.54, 1.807) is 4.90 Å². The number of aryl methyl sites for hydroxylation is 1. The molecule has 1 N–H and O–H groups in total. The fraction of sp³-hybridized carbons (Fsp3) is 0.562. The van der Waals surface area contributed by atoms with E-state index in [1.165, 1.54) is 5.56 Å². The molecule has 0 saturated carbocycles. The largest absolute Gasteiger partial charge is 0.494 e. The van der Waals surface area contributed by atoms with Gasteiger partial charge in [-0.1, -0.05) is 17.7 Å². The fourth-order valence-corrected chi connectivity index (χ4v) is 2.33. The number of ether oxygens (including phenoxy) is 2. The summed E-state index contributed by atoms with van der Waals surface area (Å²) in [6.45, 7) is 4.02. The maximum atomic E-state index is 12.1. The van der Waals surface area contributed by atoms with Crippen LogP contribution in [0.15, 0.2) is 24.3 Å². The van der Waals surface area contributed by atoms with E-state index >= 15 is 0 Å². The number of amides is 1. The van der Waals surface area contributed by atoms with Crippen LogP contribution < -0.4 is 4.74 Å². The molecule has 1 saturated heterocycles. The van der Waals surface area contributed by atoms with Crippen molar-refractivity contribution in [2.45, 2.75) is 25.8 Å². The molecule has 1 fully saturated rings. The second-order valence-corrected chi connectivity index (χ2v) is 5.26. The summed E-state index contributed by atoms with van der Waals surface area (Å²) < 4.78 is 10.9. The third-order valence-electron chi connectivity index (χ3n) is 3.58. The van der Waals surface area contributed by atoms with Gasteiger partial charge in [-0.3, -0.25) is 4.79 Å². The van der Waals surface area contributed by atoms with Gasteiger partial charge in [-0.05, 0) is 25.5 Å². The van der Waals surface area contributed by atoms with Gasteiger partial charge in [0.2, 0.25) is 5.91 Å². The topological polar surface area (TPSA) is 59.0 Å². The summed E-state index contributed by atoms with van der Waals surface area (Å²) in [4.78, 5) is 13.8. The minimum atomic E-state index is -0.204. The van der Waals surface area contributed by atoms with Crippen molar-refractivity contribution in [3.8, 4) is 5.75 Å². The molecule has 1 amide bonds. The molecule has 1 unspecified atom stereocenters. The summed E-state index contributed by atoms with van der Waals surface area (Å²) in [6.07, 6.45) is 1.10. The zero-order valence-corrected chi connectivity index (χ0v) is 12.5. The van der Waals surface area contributed by atoms with Crippen LogP contribution in [0, 0.1) is 6.92 Å². The van der Waals surface area contributed by atoms with Crippen LogP contribution >= 0.6 is 0 Å². The lowest BCUT2D eigenvalue weighted by atomic mass is 10.2. The third-order valence-corrected chi connectivity index (χ3v) is 3.58. The Morgan fingerprint density at radius 1 is 1.43 bits per heavy atom. The Labute approximate surface area is 125 Å². The lowest BCUT2D eigenvalue weighted by Crippen LogP contribution is -2.50. The molecule has 2 rings (SSSR count). The molecule has 21 heavy (non-hydrogen) atoms. The zero-order valence-electron chi connectivity index (χ0n) is 12.5. The average molecular weight is 293 g/mol. The van der Waals surface area contributed by atoms with Crippen molar-refractivity contribution in [2.24, 2.45) is 0 Å². The van der Waals surface area contributed by atoms with E-state index in [-0.39, 0.29) is 18.6 Å². The van der Waals surface area contributed by atoms with Crippen molar-refractivity contribution < 1.29 is 19.4 Å². The molecule has 1 heterocycles. The molecule has 116 valence electrons. The monoisotopic (exact) mass is 293 g/mol. The average Bonchev–Trinajstić information content (AvgIpc) is 2.53. The first kappa shape index (κ1) is 15.8. The number of aliphatic hydroxyl groups is 1. The third kappa shape index (κ3) is 4.72. The molecule has 1 aliphatic heterocycles. The Hall–Kier alpha value is -1.59. The summed E-state index contributed by atoms with van der Waals surface area (Å²) in [7, 11) is 0. The molecule has 1 aromatic rings. The Kier molecular flexibility index (Phi) is 6.02. The minimum Gasteiger partial charge on any atom is -0.494 e. The van der Waals surface area contributed by atoms with Gasteiger partial charge in [0.25, 0.3) is 0 Å². The van der Waals surface area contributed by atoms with Gasteiger partial charge in [0.15, 0.2) is 0 Å². The standard InChI is InChI=1S/C16H23NO4/c1-13-4-6-15(7-5-13)21-9-2-3-16(19)17-8-10-20-12-14(17)11-18/h4-7,14,18H,2-3,8-12H2,1H3. The van der Waals surface area contributed by atoms with Crippen molar-refractivity contribution in [3.63, 3.8) is 0 Å². The van der Waals surface area contributed by atoms with Gasteiger partial charge in [0, 0.05) is 13.0 Å². The Bertz CT molecular complexity index is 446. The second kappa shape index (κ2) is 8.00. The number of hydrogen-bond donors (Lipinski definition) is 1. The van der Waals surface area contributed by atoms with Crippen LogP contribution in [0.1, 0.15) is 18.4 Å². The van der Waals surface area contributed by atoms with Gasteiger partial charge in [0.1, 0.15) is 5.75 Å². The van der Waals surface area contributed by atoms with Crippen molar-refractivity contribution >= 4 is 5.91 Å². The molecule has 0 spiro atoms. The van der Waals surface area contributed by atoms with Gasteiger partial charge in [-0.2, -0.15) is 0 Å². The van der Waals surface area contributed by atoms with Gasteiger partial charge in [-0.25, -0.2) is 0 Å². The van der Waals surface area contributed by atoms with Crippen LogP contribution in [0.2, 0.25) is 0 Å². The molecule has 0 aliphatic carbocycles. The van der Waals surface area contributed by atoms with E-state index in [0.29, 0.717) is 39.2 Å². The molecule has 1 atom stereocenters. The first-order valence-corrected chi connectivity index (χ1v) is 7.38. The lowest BCUT2D eigenvalue weighted by molar-refractivity contribution is -0.141. The van der Waals surface area contributed by atoms with Crippen LogP contribution in [0.4, 0.5) is 0 Å². The summed E-state index contributed by atoms with van der Waals surface area (Å²) in [5.74, 6) is 0.887. The quantitative estimate of drug-likeness (QED) is 0.805. The molecule has 1 aromatic carbocycles. The van der Waals surface area contributed by atoms with Gasteiger partial charge < -0.3 is 19.5 Å². The second-order valence-electron chi connectivity index (χ2n) is 5.26. The number of benzene rings is 1. The maximum absolute atomic E-state index is 12.1. The normalized spacial score (nSPS) is 18.6. The fourth-order valence-electron chi connectivity index (χ4n) is 2.33. The molecule has 0 bridgehead atoms. The summed E-state index contributed by atoms with van der Waals surface area (Å²) in [5.41, 5.74) is 1.19. The summed E-state index contributed by atoms with van der Waals surface area (Å²) in [5, 5.41) is 9.25. The number of nitrogens with zero attached hydrogens (tertiary/aromatic N) is 1. The van der Waals surface area contributed by atoms with E-state index in [1.807, 2.05) is 31.2 Å². The molecule has 0 radical (unpaired) electrons. The smallest absolute Gasteiger partial charge is 0.223 e. The van der Waals surface area contributed by atoms with Crippen molar-refractivity contribution in [3.05, 3.63) is 29.8 Å². The number of rotatable bonds is 6. The summed E-state index contributed by atoms with van der Waals surface area (Å²) in [6, 6.07) is 7.66. The zero-order chi connectivity index (χ0) is 15.1. The predicted molar refractivity (Wildman–Crippen MR) is 79.3 cm³/mol. The van der Waals surface area contributed by atoms with Crippen LogP contribution in [-0.2, 0) is 9.53 Å². The van der Waals surface area contributed by atoms with Gasteiger partial charge >= 0.3 is 0 Å². The van der Waals surface area contributed by atoms with Crippen molar-refractivity contribution in [1.29, 1.82) is 0 Å². The molecule has 1 aliphatic rings. The highest BCUT2D eigenvalue weighted by Gasteiger charge is 2.26. The lowest BCUT2D eigenvalue weighted by Gasteiger charge is -2.34.